The van der Waals surface area contributed by atoms with Gasteiger partial charge in [-0.3, -0.25) is 32.5 Å². The molecule has 0 spiro atoms. The highest BCUT2D eigenvalue weighted by Crippen LogP contribution is 2.45. The van der Waals surface area contributed by atoms with Crippen molar-refractivity contribution in [2.45, 2.75) is 322 Å². The van der Waals surface area contributed by atoms with Crippen LogP contribution in [0.1, 0.15) is 303 Å². The van der Waals surface area contributed by atoms with Crippen LogP contribution in [0.5, 0.6) is 0 Å². The highest BCUT2D eigenvalue weighted by Gasteiger charge is 2.29. The maximum Gasteiger partial charge on any atom is 0.472 e. The summed E-state index contributed by atoms with van der Waals surface area (Å²) in [6.07, 6.45) is 84.4. The molecule has 0 aliphatic rings. The fraction of sp³-hybridized carbons (Fsp3) is 0.709. The summed E-state index contributed by atoms with van der Waals surface area (Å²) in [7, 11) is -9.79. The Balaban J connectivity index is 4.37. The third kappa shape index (κ3) is 73.0. The van der Waals surface area contributed by atoms with Crippen molar-refractivity contribution in [2.24, 2.45) is 0 Å². The lowest BCUT2D eigenvalue weighted by atomic mass is 10.0. The Hall–Kier alpha value is -4.05. The molecule has 0 aromatic rings. The molecule has 0 aliphatic heterocycles. The van der Waals surface area contributed by atoms with E-state index >= 15 is 0 Å². The first-order valence-electron chi connectivity index (χ1n) is 37.8. The lowest BCUT2D eigenvalue weighted by Gasteiger charge is -2.21. The number of esters is 3. The summed E-state index contributed by atoms with van der Waals surface area (Å²) >= 11 is 0. The molecule has 0 rings (SSSR count). The summed E-state index contributed by atoms with van der Waals surface area (Å²) in [5.74, 6) is -1.64. The lowest BCUT2D eigenvalue weighted by molar-refractivity contribution is -0.161. The average molecular weight is 1400 g/mol. The highest BCUT2D eigenvalue weighted by molar-refractivity contribution is 7.47. The van der Waals surface area contributed by atoms with Crippen LogP contribution in [0.4, 0.5) is 0 Å². The van der Waals surface area contributed by atoms with Crippen molar-refractivity contribution in [1.82, 2.24) is 0 Å². The third-order valence-electron chi connectivity index (χ3n) is 15.7. The minimum Gasteiger partial charge on any atom is -0.463 e. The number of aliphatic hydroxyl groups excluding tert-OH is 2. The number of phosphoric acid groups is 2. The molecule has 0 amide bonds. The molecule has 5 atom stereocenters. The number of hydrogen-bond donors (Lipinski definition) is 4. The Morgan fingerprint density at radius 2 is 0.557 bits per heavy atom. The maximum atomic E-state index is 12.9. The number of allylic oxidation sites excluding steroid dienone is 20. The molecule has 0 bridgehead atoms. The average Bonchev–Trinajstić information content (AvgIpc) is 1.59. The van der Waals surface area contributed by atoms with Gasteiger partial charge in [-0.2, -0.15) is 0 Å². The quantitative estimate of drug-likeness (QED) is 0.0146. The van der Waals surface area contributed by atoms with Crippen LogP contribution in [-0.2, 0) is 55.8 Å². The van der Waals surface area contributed by atoms with Gasteiger partial charge in [0, 0.05) is 19.3 Å². The summed E-state index contributed by atoms with van der Waals surface area (Å²) in [6, 6.07) is 0. The third-order valence-corrected chi connectivity index (χ3v) is 17.6. The normalized spacial score (nSPS) is 14.8. The van der Waals surface area contributed by atoms with Crippen molar-refractivity contribution in [3.8, 4) is 0 Å². The van der Waals surface area contributed by atoms with Gasteiger partial charge >= 0.3 is 33.6 Å². The zero-order valence-corrected chi connectivity index (χ0v) is 62.5. The van der Waals surface area contributed by atoms with Crippen molar-refractivity contribution in [3.63, 3.8) is 0 Å². The topological polar surface area (TPSA) is 231 Å². The second-order valence-electron chi connectivity index (χ2n) is 25.0. The van der Waals surface area contributed by atoms with Gasteiger partial charge in [-0.25, -0.2) is 9.13 Å². The fourth-order valence-corrected chi connectivity index (χ4v) is 11.6. The zero-order valence-electron chi connectivity index (χ0n) is 60.7. The molecule has 0 heterocycles. The van der Waals surface area contributed by atoms with E-state index in [1.165, 1.54) is 128 Å². The Kier molecular flexibility index (Phi) is 68.8. The van der Waals surface area contributed by atoms with Gasteiger partial charge in [0.25, 0.3) is 0 Å². The van der Waals surface area contributed by atoms with Crippen molar-refractivity contribution in [2.75, 3.05) is 39.6 Å². The van der Waals surface area contributed by atoms with Crippen LogP contribution >= 0.6 is 15.6 Å². The SMILES string of the molecule is CC/C=C\C/C=C\C/C=C\C/C=C\C/C=C\CCCCCCCCCCCCCCCCCCCC(=O)OCC(O)COP(=O)(O)OCC(O)COP(=O)(O)OCC(COC(=O)CCC/C=C\C/C=C\C/C=C\C/C=C\C/C=C\CC)OC(=O)CCCCCCCCCCCCC. The second-order valence-corrected chi connectivity index (χ2v) is 28.0. The smallest absolute Gasteiger partial charge is 0.463 e. The van der Waals surface area contributed by atoms with Crippen LogP contribution in [0, 0.1) is 0 Å². The summed E-state index contributed by atoms with van der Waals surface area (Å²) < 4.78 is 60.9. The van der Waals surface area contributed by atoms with E-state index in [-0.39, 0.29) is 19.3 Å². The van der Waals surface area contributed by atoms with Crippen LogP contribution in [0.25, 0.3) is 0 Å². The number of carbonyl (C=O) groups excluding carboxylic acids is 3. The minimum atomic E-state index is -4.93. The molecule has 4 N–H and O–H groups in total. The maximum absolute atomic E-state index is 12.9. The summed E-state index contributed by atoms with van der Waals surface area (Å²) in [5, 5.41) is 20.6. The van der Waals surface area contributed by atoms with E-state index in [0.717, 1.165) is 109 Å². The first-order chi connectivity index (χ1) is 47.2. The van der Waals surface area contributed by atoms with Gasteiger partial charge < -0.3 is 34.2 Å². The number of rotatable bonds is 71. The standard InChI is InChI=1S/C79H136O16P2/c1-4-7-10-13-16-19-22-24-26-28-29-30-31-32-33-34-35-36-37-38-39-40-41-42-43-45-47-48-51-53-56-59-62-65-77(82)89-68-74(80)69-91-96(85,86)92-70-75(81)71-93-97(87,88)94-73-76(95-79(84)67-64-61-58-55-50-21-18-15-12-9-6-3)72-90-78(83)66-63-60-57-54-52-49-46-44-27-25-23-20-17-14-11-8-5-2/h7-8,10-11,16-17,19-20,24-27,29-30,32-33,46,49,54,57,74-76,80-81H,4-6,9,12-15,18,21-23,28,31,34-45,47-48,50-53,55-56,58-73H2,1-3H3,(H,85,86)(H,87,88)/b10-7-,11-8-,19-16-,20-17-,26-24-,27-25-,30-29-,33-32-,49-46-,57-54-. The van der Waals surface area contributed by atoms with Gasteiger partial charge in [0.05, 0.1) is 26.4 Å². The molecule has 16 nitrogen and oxygen atoms in total. The molecule has 5 unspecified atom stereocenters. The molecule has 0 fully saturated rings. The molecule has 18 heteroatoms. The number of carbonyl (C=O) groups is 3. The highest BCUT2D eigenvalue weighted by atomic mass is 31.2. The van der Waals surface area contributed by atoms with Gasteiger partial charge in [0.1, 0.15) is 25.4 Å². The van der Waals surface area contributed by atoms with Gasteiger partial charge in [0.15, 0.2) is 6.10 Å². The summed E-state index contributed by atoms with van der Waals surface area (Å²) in [5.41, 5.74) is 0. The molecule has 0 aromatic carbocycles. The molecule has 97 heavy (non-hydrogen) atoms. The van der Waals surface area contributed by atoms with Crippen LogP contribution < -0.4 is 0 Å². The molecule has 0 aliphatic carbocycles. The van der Waals surface area contributed by atoms with Crippen LogP contribution in [0.2, 0.25) is 0 Å². The van der Waals surface area contributed by atoms with Gasteiger partial charge in [0.2, 0.25) is 0 Å². The number of phosphoric ester groups is 2. The Morgan fingerprint density at radius 1 is 0.299 bits per heavy atom. The number of unbranched alkanes of at least 4 members (excludes halogenated alkanes) is 28. The first kappa shape index (κ1) is 93.0. The van der Waals surface area contributed by atoms with Gasteiger partial charge in [-0.05, 0) is 103 Å². The largest absolute Gasteiger partial charge is 0.472 e. The van der Waals surface area contributed by atoms with Crippen molar-refractivity contribution < 1.29 is 75.8 Å². The Morgan fingerprint density at radius 3 is 0.907 bits per heavy atom. The zero-order chi connectivity index (χ0) is 70.9. The van der Waals surface area contributed by atoms with Crippen LogP contribution in [0.3, 0.4) is 0 Å². The lowest BCUT2D eigenvalue weighted by Crippen LogP contribution is -2.30. The summed E-state index contributed by atoms with van der Waals surface area (Å²) in [6.45, 7) is 2.38. The van der Waals surface area contributed by atoms with E-state index < -0.39 is 91.5 Å². The van der Waals surface area contributed by atoms with Crippen molar-refractivity contribution in [1.29, 1.82) is 0 Å². The molecule has 0 aromatic heterocycles. The molecular formula is C79H136O16P2. The van der Waals surface area contributed by atoms with E-state index in [2.05, 4.69) is 130 Å². The van der Waals surface area contributed by atoms with Crippen molar-refractivity contribution >= 4 is 33.6 Å². The van der Waals surface area contributed by atoms with Crippen molar-refractivity contribution in [3.05, 3.63) is 122 Å². The first-order valence-corrected chi connectivity index (χ1v) is 40.8. The molecule has 558 valence electrons. The monoisotopic (exact) mass is 1400 g/mol. The van der Waals surface area contributed by atoms with Gasteiger partial charge in [-0.1, -0.05) is 303 Å². The molecule has 0 saturated carbocycles. The summed E-state index contributed by atoms with van der Waals surface area (Å²) in [4.78, 5) is 58.4. The van der Waals surface area contributed by atoms with E-state index in [4.69, 9.17) is 32.3 Å². The second kappa shape index (κ2) is 71.8. The Labute approximate surface area is 589 Å². The number of hydrogen-bond acceptors (Lipinski definition) is 14. The molecular weight excluding hydrogens is 1270 g/mol. The van der Waals surface area contributed by atoms with E-state index in [1.807, 2.05) is 12.2 Å². The molecule has 0 radical (unpaired) electrons. The predicted octanol–water partition coefficient (Wildman–Crippen LogP) is 21.8. The van der Waals surface area contributed by atoms with Crippen LogP contribution in [0.15, 0.2) is 122 Å². The van der Waals surface area contributed by atoms with Gasteiger partial charge in [-0.15, -0.1) is 0 Å². The Bertz CT molecular complexity index is 2250. The van der Waals surface area contributed by atoms with Crippen LogP contribution in [-0.4, -0.2) is 95.9 Å². The number of ether oxygens (including phenoxy) is 3. The predicted molar refractivity (Wildman–Crippen MR) is 399 cm³/mol. The number of aliphatic hydroxyl groups is 2. The fourth-order valence-electron chi connectivity index (χ4n) is 9.99. The van der Waals surface area contributed by atoms with E-state index in [9.17, 15) is 43.5 Å². The minimum absolute atomic E-state index is 0.0927. The molecule has 0 saturated heterocycles. The van der Waals surface area contributed by atoms with E-state index in [1.54, 1.807) is 0 Å². The van der Waals surface area contributed by atoms with E-state index in [0.29, 0.717) is 25.7 Å².